The van der Waals surface area contributed by atoms with Crippen LogP contribution in [0.15, 0.2) is 60.7 Å². The van der Waals surface area contributed by atoms with Gasteiger partial charge in [0.2, 0.25) is 0 Å². The van der Waals surface area contributed by atoms with Gasteiger partial charge in [-0.05, 0) is 11.1 Å². The number of hydrogen-bond acceptors (Lipinski definition) is 3. The van der Waals surface area contributed by atoms with Gasteiger partial charge in [-0.2, -0.15) is 26.3 Å². The van der Waals surface area contributed by atoms with Gasteiger partial charge in [-0.15, -0.1) is 0 Å². The largest absolute Gasteiger partial charge is 0.419 e. The fourth-order valence-electron chi connectivity index (χ4n) is 2.28. The zero-order valence-corrected chi connectivity index (χ0v) is 14.8. The van der Waals surface area contributed by atoms with Crippen molar-refractivity contribution >= 4 is 7.60 Å². The Balaban J connectivity index is 2.31. The van der Waals surface area contributed by atoms with E-state index in [1.54, 1.807) is 0 Å². The SMILES string of the molecule is CP(=O)(O[C@H](c1ccccc1)C(F)(F)F)O[C@H](c1ccccc1)C(F)(F)F. The monoisotopic (exact) mass is 412 g/mol. The highest BCUT2D eigenvalue weighted by molar-refractivity contribution is 7.53. The van der Waals surface area contributed by atoms with Gasteiger partial charge in [-0.3, -0.25) is 13.6 Å². The van der Waals surface area contributed by atoms with Crippen molar-refractivity contribution in [1.82, 2.24) is 0 Å². The summed E-state index contributed by atoms with van der Waals surface area (Å²) in [5.41, 5.74) is -0.808. The molecule has 2 atom stereocenters. The van der Waals surface area contributed by atoms with E-state index in [-0.39, 0.29) is 0 Å². The molecule has 0 saturated heterocycles. The summed E-state index contributed by atoms with van der Waals surface area (Å²) in [5, 5.41) is 0. The molecule has 0 spiro atoms. The maximum atomic E-state index is 13.3. The van der Waals surface area contributed by atoms with Crippen molar-refractivity contribution in [2.75, 3.05) is 6.66 Å². The van der Waals surface area contributed by atoms with Gasteiger partial charge in [0.1, 0.15) is 0 Å². The minimum absolute atomic E-state index is 0.404. The summed E-state index contributed by atoms with van der Waals surface area (Å²) in [7, 11) is -4.77. The fraction of sp³-hybridized carbons (Fsp3) is 0.294. The maximum absolute atomic E-state index is 13.3. The summed E-state index contributed by atoms with van der Waals surface area (Å²) in [6, 6.07) is 12.3. The van der Waals surface area contributed by atoms with E-state index in [9.17, 15) is 30.9 Å². The molecule has 0 radical (unpaired) electrons. The summed E-state index contributed by atoms with van der Waals surface area (Å²) in [4.78, 5) is 0. The molecule has 0 bridgehead atoms. The van der Waals surface area contributed by atoms with Crippen LogP contribution in [0.3, 0.4) is 0 Å². The van der Waals surface area contributed by atoms with Gasteiger partial charge in [-0.1, -0.05) is 60.7 Å². The van der Waals surface area contributed by atoms with Crippen LogP contribution in [0.1, 0.15) is 23.3 Å². The molecule has 0 saturated carbocycles. The first-order valence-electron chi connectivity index (χ1n) is 7.58. The lowest BCUT2D eigenvalue weighted by molar-refractivity contribution is -0.213. The summed E-state index contributed by atoms with van der Waals surface area (Å²) < 4.78 is 101. The molecule has 0 heterocycles. The summed E-state index contributed by atoms with van der Waals surface area (Å²) in [6.45, 7) is 0.580. The highest BCUT2D eigenvalue weighted by atomic mass is 31.2. The van der Waals surface area contributed by atoms with Crippen molar-refractivity contribution in [2.45, 2.75) is 24.6 Å². The molecule has 3 nitrogen and oxygen atoms in total. The van der Waals surface area contributed by atoms with E-state index in [4.69, 9.17) is 0 Å². The second kappa shape index (κ2) is 8.04. The van der Waals surface area contributed by atoms with Gasteiger partial charge >= 0.3 is 19.9 Å². The van der Waals surface area contributed by atoms with Crippen LogP contribution < -0.4 is 0 Å². The van der Waals surface area contributed by atoms with E-state index in [1.165, 1.54) is 36.4 Å². The molecule has 0 N–H and O–H groups in total. The Labute approximate surface area is 151 Å². The Hall–Kier alpha value is -1.83. The molecule has 10 heteroatoms. The number of hydrogen-bond donors (Lipinski definition) is 0. The van der Waals surface area contributed by atoms with Crippen LogP contribution in [0.4, 0.5) is 26.3 Å². The summed E-state index contributed by atoms with van der Waals surface area (Å²) >= 11 is 0. The molecule has 0 fully saturated rings. The normalized spacial score (nSPS) is 15.4. The van der Waals surface area contributed by atoms with Gasteiger partial charge in [0.15, 0.2) is 12.2 Å². The van der Waals surface area contributed by atoms with E-state index >= 15 is 0 Å². The minimum Gasteiger partial charge on any atom is -0.291 e. The number of halogens is 6. The first kappa shape index (κ1) is 21.5. The topological polar surface area (TPSA) is 35.5 Å². The lowest BCUT2D eigenvalue weighted by atomic mass is 10.1. The molecular formula is C17H15F6O3P. The van der Waals surface area contributed by atoms with Crippen molar-refractivity contribution < 1.29 is 40.0 Å². The fourth-order valence-corrected chi connectivity index (χ4v) is 3.58. The molecule has 0 unspecified atom stereocenters. The van der Waals surface area contributed by atoms with Crippen LogP contribution >= 0.6 is 7.60 Å². The molecule has 0 aromatic heterocycles. The molecule has 2 aromatic rings. The third kappa shape index (κ3) is 6.09. The Morgan fingerprint density at radius 2 is 1.00 bits per heavy atom. The van der Waals surface area contributed by atoms with Crippen molar-refractivity contribution in [3.05, 3.63) is 71.8 Å². The Morgan fingerprint density at radius 3 is 1.26 bits per heavy atom. The lowest BCUT2D eigenvalue weighted by Gasteiger charge is -2.28. The van der Waals surface area contributed by atoms with Gasteiger partial charge in [0, 0.05) is 6.66 Å². The average Bonchev–Trinajstić information content (AvgIpc) is 2.57. The van der Waals surface area contributed by atoms with Crippen LogP contribution in [0.25, 0.3) is 0 Å². The first-order chi connectivity index (χ1) is 12.4. The second-order valence-electron chi connectivity index (χ2n) is 5.65. The van der Waals surface area contributed by atoms with Crippen LogP contribution in [-0.4, -0.2) is 19.0 Å². The summed E-state index contributed by atoms with van der Waals surface area (Å²) in [5.74, 6) is 0. The molecule has 2 rings (SSSR count). The number of alkyl halides is 6. The van der Waals surface area contributed by atoms with Crippen LogP contribution in [0, 0.1) is 0 Å². The Kier molecular flexibility index (Phi) is 6.39. The highest BCUT2D eigenvalue weighted by Gasteiger charge is 2.49. The standard InChI is InChI=1S/C17H15F6O3P/c1-27(24,25-14(16(18,19)20)12-8-4-2-5-9-12)26-15(17(21,22)23)13-10-6-3-7-11-13/h2-11,14-15H,1H3/t14-,15-/m1/s1. The molecule has 0 aliphatic carbocycles. The molecule has 0 amide bonds. The Bertz CT molecular complexity index is 713. The maximum Gasteiger partial charge on any atom is 0.419 e. The van der Waals surface area contributed by atoms with Crippen LogP contribution in [0.2, 0.25) is 0 Å². The molecule has 0 aliphatic rings. The van der Waals surface area contributed by atoms with Crippen molar-refractivity contribution in [3.63, 3.8) is 0 Å². The van der Waals surface area contributed by atoms with E-state index < -0.39 is 43.3 Å². The third-order valence-corrected chi connectivity index (χ3v) is 4.58. The minimum atomic E-state index is -5.00. The van der Waals surface area contributed by atoms with Crippen LogP contribution in [0.5, 0.6) is 0 Å². The second-order valence-corrected chi connectivity index (χ2v) is 7.61. The molecule has 27 heavy (non-hydrogen) atoms. The predicted octanol–water partition coefficient (Wildman–Crippen LogP) is 6.45. The Morgan fingerprint density at radius 1 is 0.704 bits per heavy atom. The number of benzene rings is 2. The molecule has 2 aromatic carbocycles. The zero-order chi connectivity index (χ0) is 20.3. The van der Waals surface area contributed by atoms with E-state index in [0.717, 1.165) is 24.3 Å². The molecule has 0 aliphatic heterocycles. The van der Waals surface area contributed by atoms with Crippen molar-refractivity contribution in [2.24, 2.45) is 0 Å². The molecule has 148 valence electrons. The van der Waals surface area contributed by atoms with Gasteiger partial charge in [0.25, 0.3) is 0 Å². The van der Waals surface area contributed by atoms with Crippen LogP contribution in [-0.2, 0) is 13.6 Å². The average molecular weight is 412 g/mol. The van der Waals surface area contributed by atoms with Gasteiger partial charge in [0.05, 0.1) is 0 Å². The zero-order valence-electron chi connectivity index (χ0n) is 13.9. The predicted molar refractivity (Wildman–Crippen MR) is 86.2 cm³/mol. The lowest BCUT2D eigenvalue weighted by Crippen LogP contribution is -2.26. The first-order valence-corrected chi connectivity index (χ1v) is 9.57. The summed E-state index contributed by atoms with van der Waals surface area (Å²) in [6.07, 6.45) is -15.4. The van der Waals surface area contributed by atoms with E-state index in [0.29, 0.717) is 6.66 Å². The van der Waals surface area contributed by atoms with E-state index in [2.05, 4.69) is 9.05 Å². The molecular weight excluding hydrogens is 397 g/mol. The van der Waals surface area contributed by atoms with E-state index in [1.807, 2.05) is 0 Å². The highest BCUT2D eigenvalue weighted by Crippen LogP contribution is 2.57. The van der Waals surface area contributed by atoms with Crippen molar-refractivity contribution in [1.29, 1.82) is 0 Å². The smallest absolute Gasteiger partial charge is 0.291 e. The van der Waals surface area contributed by atoms with Crippen molar-refractivity contribution in [3.8, 4) is 0 Å². The number of rotatable bonds is 6. The van der Waals surface area contributed by atoms with Gasteiger partial charge < -0.3 is 0 Å². The quantitative estimate of drug-likeness (QED) is 0.404. The van der Waals surface area contributed by atoms with Gasteiger partial charge in [-0.25, -0.2) is 0 Å². The third-order valence-electron chi connectivity index (χ3n) is 3.39.